The molecule has 4 rings (SSSR count). The van der Waals surface area contributed by atoms with Crippen LogP contribution in [0.15, 0.2) is 54.7 Å². The van der Waals surface area contributed by atoms with Crippen molar-refractivity contribution in [3.63, 3.8) is 0 Å². The lowest BCUT2D eigenvalue weighted by Crippen LogP contribution is -2.31. The SMILES string of the molecule is CN(CCCC(=O)O)C(=O)c1cnn(C)c1CNC(=O)OCC1c2ccccc2-c2ccccc21. The highest BCUT2D eigenvalue weighted by Gasteiger charge is 2.29. The van der Waals surface area contributed by atoms with E-state index in [2.05, 4.69) is 34.7 Å². The van der Waals surface area contributed by atoms with Crippen LogP contribution in [0.1, 0.15) is 45.9 Å². The van der Waals surface area contributed by atoms with Gasteiger partial charge in [0.05, 0.1) is 24.0 Å². The summed E-state index contributed by atoms with van der Waals surface area (Å²) in [6.45, 7) is 0.569. The maximum atomic E-state index is 12.8. The van der Waals surface area contributed by atoms with Crippen molar-refractivity contribution in [3.8, 4) is 11.1 Å². The van der Waals surface area contributed by atoms with Crippen molar-refractivity contribution >= 4 is 18.0 Å². The Kier molecular flexibility index (Phi) is 7.14. The number of carbonyl (C=O) groups is 3. The van der Waals surface area contributed by atoms with Crippen molar-refractivity contribution in [3.05, 3.63) is 77.1 Å². The summed E-state index contributed by atoms with van der Waals surface area (Å²) in [6, 6.07) is 16.2. The molecule has 35 heavy (non-hydrogen) atoms. The van der Waals surface area contributed by atoms with E-state index >= 15 is 0 Å². The lowest BCUT2D eigenvalue weighted by molar-refractivity contribution is -0.137. The Morgan fingerprint density at radius 3 is 2.34 bits per heavy atom. The number of aliphatic carboxylic acids is 1. The minimum absolute atomic E-state index is 0.0130. The topological polar surface area (TPSA) is 114 Å². The molecule has 9 heteroatoms. The van der Waals surface area contributed by atoms with Crippen molar-refractivity contribution in [2.24, 2.45) is 7.05 Å². The summed E-state index contributed by atoms with van der Waals surface area (Å²) in [5.41, 5.74) is 5.46. The summed E-state index contributed by atoms with van der Waals surface area (Å²) < 4.78 is 7.10. The van der Waals surface area contributed by atoms with E-state index in [0.29, 0.717) is 24.2 Å². The molecule has 1 heterocycles. The number of nitrogens with one attached hydrogen (secondary N) is 1. The minimum Gasteiger partial charge on any atom is -0.481 e. The molecule has 9 nitrogen and oxygen atoms in total. The smallest absolute Gasteiger partial charge is 0.407 e. The van der Waals surface area contributed by atoms with Gasteiger partial charge in [-0.2, -0.15) is 5.10 Å². The molecule has 0 radical (unpaired) electrons. The van der Waals surface area contributed by atoms with Gasteiger partial charge in [0.2, 0.25) is 0 Å². The number of nitrogens with zero attached hydrogens (tertiary/aromatic N) is 3. The van der Waals surface area contributed by atoms with Crippen LogP contribution in [0.4, 0.5) is 4.79 Å². The van der Waals surface area contributed by atoms with Gasteiger partial charge in [0.15, 0.2) is 0 Å². The van der Waals surface area contributed by atoms with Crippen LogP contribution in [-0.4, -0.2) is 58.0 Å². The van der Waals surface area contributed by atoms with Gasteiger partial charge < -0.3 is 20.1 Å². The van der Waals surface area contributed by atoms with Crippen LogP contribution >= 0.6 is 0 Å². The lowest BCUT2D eigenvalue weighted by Gasteiger charge is -2.17. The van der Waals surface area contributed by atoms with Crippen LogP contribution in [0.5, 0.6) is 0 Å². The second kappa shape index (κ2) is 10.4. The molecule has 2 N–H and O–H groups in total. The Bertz CT molecular complexity index is 1210. The van der Waals surface area contributed by atoms with Crippen LogP contribution in [0.3, 0.4) is 0 Å². The van der Waals surface area contributed by atoms with E-state index in [1.807, 2.05) is 24.3 Å². The number of hydrogen-bond acceptors (Lipinski definition) is 5. The fraction of sp³-hybridized carbons (Fsp3) is 0.308. The Balaban J connectivity index is 1.36. The molecular formula is C26H28N4O5. The maximum absolute atomic E-state index is 12.8. The lowest BCUT2D eigenvalue weighted by atomic mass is 9.98. The van der Waals surface area contributed by atoms with Gasteiger partial charge >= 0.3 is 12.1 Å². The number of fused-ring (bicyclic) bond motifs is 3. The van der Waals surface area contributed by atoms with Crippen LogP contribution in [0, 0.1) is 0 Å². The van der Waals surface area contributed by atoms with Gasteiger partial charge in [0.1, 0.15) is 6.61 Å². The molecule has 2 aromatic carbocycles. The Morgan fingerprint density at radius 2 is 1.71 bits per heavy atom. The van der Waals surface area contributed by atoms with Crippen LogP contribution in [-0.2, 0) is 23.1 Å². The molecule has 1 aliphatic carbocycles. The van der Waals surface area contributed by atoms with Crippen LogP contribution < -0.4 is 5.32 Å². The fourth-order valence-corrected chi connectivity index (χ4v) is 4.43. The number of benzene rings is 2. The number of amides is 2. The van der Waals surface area contributed by atoms with Gasteiger partial charge in [-0.25, -0.2) is 4.79 Å². The second-order valence-corrected chi connectivity index (χ2v) is 8.53. The van der Waals surface area contributed by atoms with E-state index in [0.717, 1.165) is 22.3 Å². The molecular weight excluding hydrogens is 448 g/mol. The van der Waals surface area contributed by atoms with Gasteiger partial charge in [0, 0.05) is 33.0 Å². The van der Waals surface area contributed by atoms with E-state index in [1.54, 1.807) is 14.1 Å². The van der Waals surface area contributed by atoms with E-state index in [1.165, 1.54) is 15.8 Å². The van der Waals surface area contributed by atoms with Gasteiger partial charge in [-0.15, -0.1) is 0 Å². The highest BCUT2D eigenvalue weighted by molar-refractivity contribution is 5.95. The first-order valence-electron chi connectivity index (χ1n) is 11.4. The zero-order chi connectivity index (χ0) is 24.9. The highest BCUT2D eigenvalue weighted by atomic mass is 16.5. The van der Waals surface area contributed by atoms with Gasteiger partial charge in [-0.1, -0.05) is 48.5 Å². The van der Waals surface area contributed by atoms with Gasteiger partial charge in [-0.3, -0.25) is 14.3 Å². The average Bonchev–Trinajstić information content (AvgIpc) is 3.38. The van der Waals surface area contributed by atoms with Crippen molar-refractivity contribution in [2.45, 2.75) is 25.3 Å². The minimum atomic E-state index is -0.903. The normalized spacial score (nSPS) is 12.1. The molecule has 0 saturated carbocycles. The third kappa shape index (κ3) is 5.18. The summed E-state index contributed by atoms with van der Waals surface area (Å²) in [5, 5.41) is 15.7. The van der Waals surface area contributed by atoms with E-state index in [4.69, 9.17) is 9.84 Å². The molecule has 182 valence electrons. The van der Waals surface area contributed by atoms with Gasteiger partial charge in [-0.05, 0) is 28.7 Å². The molecule has 1 aromatic heterocycles. The number of rotatable bonds is 9. The largest absolute Gasteiger partial charge is 0.481 e. The summed E-state index contributed by atoms with van der Waals surface area (Å²) in [6.07, 6.45) is 1.21. The molecule has 2 amide bonds. The number of aryl methyl sites for hydroxylation is 1. The number of carboxylic acids is 1. The van der Waals surface area contributed by atoms with E-state index in [-0.39, 0.29) is 31.4 Å². The van der Waals surface area contributed by atoms with Crippen molar-refractivity contribution in [1.29, 1.82) is 0 Å². The summed E-state index contributed by atoms with van der Waals surface area (Å²) in [4.78, 5) is 37.5. The highest BCUT2D eigenvalue weighted by Crippen LogP contribution is 2.44. The molecule has 0 spiro atoms. The molecule has 0 saturated heterocycles. The number of hydrogen-bond donors (Lipinski definition) is 2. The second-order valence-electron chi connectivity index (χ2n) is 8.53. The number of alkyl carbamates (subject to hydrolysis) is 1. The quantitative estimate of drug-likeness (QED) is 0.489. The molecule has 0 unspecified atom stereocenters. The van der Waals surface area contributed by atoms with Crippen LogP contribution in [0.25, 0.3) is 11.1 Å². The molecule has 0 aliphatic heterocycles. The average molecular weight is 477 g/mol. The molecule has 3 aromatic rings. The number of ether oxygens (including phenoxy) is 1. The number of aromatic nitrogens is 2. The predicted molar refractivity (Wildman–Crippen MR) is 129 cm³/mol. The standard InChI is InChI=1S/C26H28N4O5/c1-29(13-7-12-24(31)32)25(33)21-14-28-30(2)23(21)15-27-26(34)35-16-22-19-10-5-3-8-17(19)18-9-4-6-11-20(18)22/h3-6,8-11,14,22H,7,12-13,15-16H2,1-2H3,(H,27,34)(H,31,32). The van der Waals surface area contributed by atoms with E-state index in [9.17, 15) is 14.4 Å². The first kappa shape index (κ1) is 24.0. The Morgan fingerprint density at radius 1 is 1.09 bits per heavy atom. The van der Waals surface area contributed by atoms with Crippen LogP contribution in [0.2, 0.25) is 0 Å². The first-order valence-corrected chi connectivity index (χ1v) is 11.4. The first-order chi connectivity index (χ1) is 16.9. The van der Waals surface area contributed by atoms with Gasteiger partial charge in [0.25, 0.3) is 5.91 Å². The van der Waals surface area contributed by atoms with Crippen molar-refractivity contribution < 1.29 is 24.2 Å². The third-order valence-electron chi connectivity index (χ3n) is 6.27. The molecule has 0 fully saturated rings. The Hall–Kier alpha value is -4.14. The van der Waals surface area contributed by atoms with Crippen molar-refractivity contribution in [2.75, 3.05) is 20.2 Å². The summed E-state index contributed by atoms with van der Waals surface area (Å²) >= 11 is 0. The monoisotopic (exact) mass is 476 g/mol. The summed E-state index contributed by atoms with van der Waals surface area (Å²) in [5.74, 6) is -1.23. The predicted octanol–water partition coefficient (Wildman–Crippen LogP) is 3.40. The third-order valence-corrected chi connectivity index (χ3v) is 6.27. The Labute approximate surface area is 203 Å². The van der Waals surface area contributed by atoms with Crippen molar-refractivity contribution in [1.82, 2.24) is 20.0 Å². The fourth-order valence-electron chi connectivity index (χ4n) is 4.43. The zero-order valence-electron chi connectivity index (χ0n) is 19.7. The molecule has 1 aliphatic rings. The maximum Gasteiger partial charge on any atom is 0.407 e. The number of carboxylic acid groups (broad SMARTS) is 1. The van der Waals surface area contributed by atoms with E-state index < -0.39 is 12.1 Å². The number of carbonyl (C=O) groups excluding carboxylic acids is 2. The zero-order valence-corrected chi connectivity index (χ0v) is 19.7. The molecule has 0 bridgehead atoms. The molecule has 0 atom stereocenters. The summed E-state index contributed by atoms with van der Waals surface area (Å²) in [7, 11) is 3.30.